The Bertz CT molecular complexity index is 906. The molecule has 1 heterocycles. The lowest BCUT2D eigenvalue weighted by molar-refractivity contribution is -0.118. The van der Waals surface area contributed by atoms with Gasteiger partial charge < -0.3 is 4.74 Å². The zero-order valence-corrected chi connectivity index (χ0v) is 14.7. The molecule has 0 aliphatic heterocycles. The van der Waals surface area contributed by atoms with Crippen molar-refractivity contribution in [3.05, 3.63) is 58.6 Å². The lowest BCUT2D eigenvalue weighted by atomic mass is 10.1. The Labute approximate surface area is 156 Å². The summed E-state index contributed by atoms with van der Waals surface area (Å²) in [6.07, 6.45) is -2.73. The number of carbonyl (C=O) groups excluding carboxylic acids is 1. The average Bonchev–Trinajstić information content (AvgIpc) is 3.10. The Hall–Kier alpha value is -2.58. The van der Waals surface area contributed by atoms with Crippen molar-refractivity contribution >= 4 is 34.0 Å². The maximum atomic E-state index is 12.4. The number of halogens is 3. The summed E-state index contributed by atoms with van der Waals surface area (Å²) in [6, 6.07) is 14.9. The van der Waals surface area contributed by atoms with Gasteiger partial charge in [-0.1, -0.05) is 59.3 Å². The van der Waals surface area contributed by atoms with E-state index >= 15 is 0 Å². The molecule has 1 amide bonds. The summed E-state index contributed by atoms with van der Waals surface area (Å²) >= 11 is 6.81. The molecule has 5 nitrogen and oxygen atoms in total. The van der Waals surface area contributed by atoms with Crippen LogP contribution in [-0.4, -0.2) is 22.7 Å². The van der Waals surface area contributed by atoms with Gasteiger partial charge in [0.05, 0.1) is 5.02 Å². The van der Waals surface area contributed by atoms with Gasteiger partial charge in [0.25, 0.3) is 12.3 Å². The summed E-state index contributed by atoms with van der Waals surface area (Å²) in [7, 11) is 0. The fourth-order valence-electron chi connectivity index (χ4n) is 2.10. The minimum atomic E-state index is -2.73. The van der Waals surface area contributed by atoms with Crippen molar-refractivity contribution in [2.75, 3.05) is 11.9 Å². The van der Waals surface area contributed by atoms with Crippen molar-refractivity contribution in [3.63, 3.8) is 0 Å². The highest BCUT2D eigenvalue weighted by atomic mass is 35.5. The van der Waals surface area contributed by atoms with E-state index in [2.05, 4.69) is 15.5 Å². The molecule has 0 saturated heterocycles. The Morgan fingerprint density at radius 1 is 1.15 bits per heavy atom. The zero-order valence-electron chi connectivity index (χ0n) is 13.2. The van der Waals surface area contributed by atoms with E-state index in [9.17, 15) is 13.6 Å². The van der Waals surface area contributed by atoms with Gasteiger partial charge in [0.2, 0.25) is 5.13 Å². The topological polar surface area (TPSA) is 64.1 Å². The number of aromatic nitrogens is 2. The van der Waals surface area contributed by atoms with Gasteiger partial charge in [-0.25, -0.2) is 8.78 Å². The third-order valence-corrected chi connectivity index (χ3v) is 4.41. The molecule has 9 heteroatoms. The van der Waals surface area contributed by atoms with Crippen molar-refractivity contribution < 1.29 is 18.3 Å². The number of nitrogens with one attached hydrogen (secondary N) is 1. The first kappa shape index (κ1) is 18.2. The SMILES string of the molecule is O=C(COc1ccc(-c2ccccc2)cc1Cl)Nc1nnc(C(F)F)s1. The number of rotatable bonds is 6. The molecule has 0 radical (unpaired) electrons. The number of alkyl halides is 2. The van der Waals surface area contributed by atoms with Gasteiger partial charge in [0, 0.05) is 0 Å². The maximum absolute atomic E-state index is 12.4. The van der Waals surface area contributed by atoms with E-state index < -0.39 is 17.3 Å². The number of hydrogen-bond acceptors (Lipinski definition) is 5. The smallest absolute Gasteiger partial charge is 0.291 e. The van der Waals surface area contributed by atoms with Crippen LogP contribution in [0.15, 0.2) is 48.5 Å². The summed E-state index contributed by atoms with van der Waals surface area (Å²) in [5.74, 6) is -0.211. The largest absolute Gasteiger partial charge is 0.482 e. The van der Waals surface area contributed by atoms with E-state index in [-0.39, 0.29) is 11.7 Å². The first-order valence-electron chi connectivity index (χ1n) is 7.42. The van der Waals surface area contributed by atoms with E-state index in [0.717, 1.165) is 11.1 Å². The van der Waals surface area contributed by atoms with E-state index in [4.69, 9.17) is 16.3 Å². The monoisotopic (exact) mass is 395 g/mol. The lowest BCUT2D eigenvalue weighted by Crippen LogP contribution is -2.20. The minimum absolute atomic E-state index is 0.0144. The van der Waals surface area contributed by atoms with Crippen LogP contribution in [0.4, 0.5) is 13.9 Å². The third-order valence-electron chi connectivity index (χ3n) is 3.27. The number of hydrogen-bond donors (Lipinski definition) is 1. The van der Waals surface area contributed by atoms with Crippen LogP contribution < -0.4 is 10.1 Å². The van der Waals surface area contributed by atoms with Crippen molar-refractivity contribution in [2.45, 2.75) is 6.43 Å². The molecule has 0 saturated carbocycles. The molecule has 0 unspecified atom stereocenters. The quantitative estimate of drug-likeness (QED) is 0.650. The standard InChI is InChI=1S/C17H12ClF2N3O2S/c18-12-8-11(10-4-2-1-3-5-10)6-7-13(12)25-9-14(24)21-17-23-22-16(26-17)15(19)20/h1-8,15H,9H2,(H,21,23,24). The number of anilines is 1. The Kier molecular flexibility index (Phi) is 5.75. The van der Waals surface area contributed by atoms with Crippen LogP contribution in [0.25, 0.3) is 11.1 Å². The van der Waals surface area contributed by atoms with E-state index in [1.807, 2.05) is 36.4 Å². The predicted molar refractivity (Wildman–Crippen MR) is 95.9 cm³/mol. The molecule has 0 spiro atoms. The molecular weight excluding hydrogens is 384 g/mol. The highest BCUT2D eigenvalue weighted by Crippen LogP contribution is 2.30. The van der Waals surface area contributed by atoms with Gasteiger partial charge in [0.1, 0.15) is 5.75 Å². The summed E-state index contributed by atoms with van der Waals surface area (Å²) in [5, 5.41) is 8.98. The molecule has 3 aromatic rings. The highest BCUT2D eigenvalue weighted by Gasteiger charge is 2.15. The van der Waals surface area contributed by atoms with Crippen molar-refractivity contribution in [2.24, 2.45) is 0 Å². The third kappa shape index (κ3) is 4.53. The summed E-state index contributed by atoms with van der Waals surface area (Å²) in [4.78, 5) is 11.8. The molecular formula is C17H12ClF2N3O2S. The molecule has 0 atom stereocenters. The lowest BCUT2D eigenvalue weighted by Gasteiger charge is -2.09. The van der Waals surface area contributed by atoms with Crippen molar-refractivity contribution in [1.29, 1.82) is 0 Å². The summed E-state index contributed by atoms with van der Waals surface area (Å²) < 4.78 is 30.3. The van der Waals surface area contributed by atoms with E-state index in [1.165, 1.54) is 0 Å². The zero-order chi connectivity index (χ0) is 18.5. The van der Waals surface area contributed by atoms with Crippen LogP contribution in [0.5, 0.6) is 5.75 Å². The van der Waals surface area contributed by atoms with Crippen LogP contribution in [-0.2, 0) is 4.79 Å². The van der Waals surface area contributed by atoms with Crippen LogP contribution in [0.3, 0.4) is 0 Å². The van der Waals surface area contributed by atoms with Gasteiger partial charge in [0.15, 0.2) is 11.6 Å². The molecule has 0 bridgehead atoms. The first-order chi connectivity index (χ1) is 12.5. The Balaban J connectivity index is 1.59. The second-order valence-corrected chi connectivity index (χ2v) is 6.51. The molecule has 1 N–H and O–H groups in total. The Morgan fingerprint density at radius 3 is 2.58 bits per heavy atom. The predicted octanol–water partition coefficient (Wildman–Crippen LogP) is 4.81. The van der Waals surface area contributed by atoms with Crippen LogP contribution in [0.2, 0.25) is 5.02 Å². The van der Waals surface area contributed by atoms with Gasteiger partial charge in [-0.2, -0.15) is 0 Å². The van der Waals surface area contributed by atoms with Crippen molar-refractivity contribution in [1.82, 2.24) is 10.2 Å². The average molecular weight is 396 g/mol. The number of amides is 1. The van der Waals surface area contributed by atoms with E-state index in [1.54, 1.807) is 12.1 Å². The second-order valence-electron chi connectivity index (χ2n) is 5.09. The van der Waals surface area contributed by atoms with Crippen LogP contribution in [0, 0.1) is 0 Å². The number of carbonyl (C=O) groups is 1. The minimum Gasteiger partial charge on any atom is -0.482 e. The number of nitrogens with zero attached hydrogens (tertiary/aromatic N) is 2. The normalized spacial score (nSPS) is 10.8. The highest BCUT2D eigenvalue weighted by molar-refractivity contribution is 7.15. The fraction of sp³-hybridized carbons (Fsp3) is 0.118. The molecule has 2 aromatic carbocycles. The van der Waals surface area contributed by atoms with E-state index in [0.29, 0.717) is 22.1 Å². The van der Waals surface area contributed by atoms with Gasteiger partial charge in [-0.3, -0.25) is 10.1 Å². The molecule has 134 valence electrons. The number of ether oxygens (including phenoxy) is 1. The Morgan fingerprint density at radius 2 is 1.92 bits per heavy atom. The fourth-order valence-corrected chi connectivity index (χ4v) is 2.95. The molecule has 3 rings (SSSR count). The second kappa shape index (κ2) is 8.20. The van der Waals surface area contributed by atoms with Crippen molar-refractivity contribution in [3.8, 4) is 16.9 Å². The van der Waals surface area contributed by atoms with Crippen LogP contribution in [0.1, 0.15) is 11.4 Å². The molecule has 0 aliphatic carbocycles. The van der Waals surface area contributed by atoms with Gasteiger partial charge in [-0.05, 0) is 23.3 Å². The van der Waals surface area contributed by atoms with Crippen LogP contribution >= 0.6 is 22.9 Å². The molecule has 1 aromatic heterocycles. The molecule has 0 fully saturated rings. The molecule has 26 heavy (non-hydrogen) atoms. The first-order valence-corrected chi connectivity index (χ1v) is 8.61. The van der Waals surface area contributed by atoms with Gasteiger partial charge >= 0.3 is 0 Å². The maximum Gasteiger partial charge on any atom is 0.291 e. The molecule has 0 aliphatic rings. The number of benzene rings is 2. The summed E-state index contributed by atoms with van der Waals surface area (Å²) in [6.45, 7) is -0.339. The van der Waals surface area contributed by atoms with Gasteiger partial charge in [-0.15, -0.1) is 10.2 Å². The summed E-state index contributed by atoms with van der Waals surface area (Å²) in [5.41, 5.74) is 1.92.